The molecule has 0 aliphatic carbocycles. The van der Waals surface area contributed by atoms with Gasteiger partial charge in [-0.2, -0.15) is 0 Å². The Morgan fingerprint density at radius 3 is 2.07 bits per heavy atom. The van der Waals surface area contributed by atoms with E-state index in [0.717, 1.165) is 0 Å². The van der Waals surface area contributed by atoms with Gasteiger partial charge in [0.25, 0.3) is 0 Å². The predicted molar refractivity (Wildman–Crippen MR) is 50.5 cm³/mol. The molecule has 0 radical (unpaired) electrons. The molecule has 0 saturated carbocycles. The van der Waals surface area contributed by atoms with E-state index >= 15 is 0 Å². The number of methoxy groups -OCH3 is 2. The maximum absolute atomic E-state index is 4.86. The Labute approximate surface area is 82.0 Å². The highest BCUT2D eigenvalue weighted by molar-refractivity contribution is 5.29. The first-order valence-corrected chi connectivity index (χ1v) is 4.01. The molecular weight excluding hydrogens is 184 g/mol. The Balaban J connectivity index is 0.000000165. The van der Waals surface area contributed by atoms with Crippen molar-refractivity contribution in [2.24, 2.45) is 0 Å². The van der Waals surface area contributed by atoms with Gasteiger partial charge in [0.15, 0.2) is 0 Å². The zero-order valence-electron chi connectivity index (χ0n) is 8.10. The van der Waals surface area contributed by atoms with Crippen LogP contribution in [0.4, 0.5) is 0 Å². The third-order valence-corrected chi connectivity index (χ3v) is 1.43. The first-order valence-electron chi connectivity index (χ1n) is 4.01. The Kier molecular flexibility index (Phi) is 4.20. The molecule has 14 heavy (non-hydrogen) atoms. The number of hydrogen-bond acceptors (Lipinski definition) is 4. The van der Waals surface area contributed by atoms with Crippen molar-refractivity contribution in [3.63, 3.8) is 0 Å². The van der Waals surface area contributed by atoms with Gasteiger partial charge in [0.2, 0.25) is 5.75 Å². The van der Waals surface area contributed by atoms with Crippen molar-refractivity contribution in [3.05, 3.63) is 37.0 Å². The molecule has 0 spiro atoms. The number of hydrogen-bond donors (Lipinski definition) is 0. The molecule has 4 nitrogen and oxygen atoms in total. The summed E-state index contributed by atoms with van der Waals surface area (Å²) in [4.78, 5) is 0. The van der Waals surface area contributed by atoms with E-state index in [4.69, 9.17) is 13.9 Å². The van der Waals surface area contributed by atoms with Crippen LogP contribution in [0.1, 0.15) is 0 Å². The van der Waals surface area contributed by atoms with Crippen molar-refractivity contribution in [2.45, 2.75) is 0 Å². The summed E-state index contributed by atoms with van der Waals surface area (Å²) in [5.41, 5.74) is 0. The second kappa shape index (κ2) is 5.75. The molecule has 2 aromatic heterocycles. The quantitative estimate of drug-likeness (QED) is 0.740. The molecule has 0 amide bonds. The van der Waals surface area contributed by atoms with Crippen molar-refractivity contribution in [2.75, 3.05) is 14.2 Å². The fourth-order valence-corrected chi connectivity index (χ4v) is 0.811. The zero-order chi connectivity index (χ0) is 10.2. The normalized spacial score (nSPS) is 8.71. The summed E-state index contributed by atoms with van der Waals surface area (Å²) in [5.74, 6) is 1.04. The zero-order valence-corrected chi connectivity index (χ0v) is 8.10. The van der Waals surface area contributed by atoms with Crippen molar-refractivity contribution < 1.29 is 18.3 Å². The summed E-state index contributed by atoms with van der Waals surface area (Å²) >= 11 is 0. The van der Waals surface area contributed by atoms with E-state index in [-0.39, 0.29) is 0 Å². The highest BCUT2D eigenvalue weighted by Gasteiger charge is 2.03. The van der Waals surface area contributed by atoms with Gasteiger partial charge in [-0.1, -0.05) is 0 Å². The van der Waals surface area contributed by atoms with Gasteiger partial charge in [-0.3, -0.25) is 0 Å². The van der Waals surface area contributed by atoms with E-state index in [1.165, 1.54) is 13.4 Å². The fraction of sp³-hybridized carbons (Fsp3) is 0.200. The van der Waals surface area contributed by atoms with Gasteiger partial charge in [0.05, 0.1) is 33.0 Å². The average Bonchev–Trinajstić information content (AvgIpc) is 2.91. The molecule has 0 aliphatic heterocycles. The second-order valence-electron chi connectivity index (χ2n) is 2.27. The summed E-state index contributed by atoms with van der Waals surface area (Å²) in [7, 11) is 3.09. The largest absolute Gasteiger partial charge is 0.490 e. The van der Waals surface area contributed by atoms with Crippen LogP contribution in [0.25, 0.3) is 0 Å². The first-order chi connectivity index (χ1) is 6.88. The SMILES string of the molecule is COc1ccoc1OC.c1ccoc1. The van der Waals surface area contributed by atoms with Crippen molar-refractivity contribution in [1.29, 1.82) is 0 Å². The molecule has 0 bridgehead atoms. The van der Waals surface area contributed by atoms with Crippen LogP contribution in [0, 0.1) is 0 Å². The summed E-state index contributed by atoms with van der Waals surface area (Å²) in [6.07, 6.45) is 4.76. The Morgan fingerprint density at radius 1 is 1.00 bits per heavy atom. The minimum Gasteiger partial charge on any atom is -0.490 e. The van der Waals surface area contributed by atoms with E-state index in [9.17, 15) is 0 Å². The monoisotopic (exact) mass is 196 g/mol. The summed E-state index contributed by atoms with van der Waals surface area (Å²) in [5, 5.41) is 0. The molecule has 76 valence electrons. The lowest BCUT2D eigenvalue weighted by Gasteiger charge is -1.95. The van der Waals surface area contributed by atoms with Crippen molar-refractivity contribution >= 4 is 0 Å². The third-order valence-electron chi connectivity index (χ3n) is 1.43. The van der Waals surface area contributed by atoms with E-state index in [2.05, 4.69) is 4.42 Å². The van der Waals surface area contributed by atoms with Crippen LogP contribution in [0.5, 0.6) is 11.7 Å². The van der Waals surface area contributed by atoms with Gasteiger partial charge < -0.3 is 18.3 Å². The molecule has 2 heterocycles. The van der Waals surface area contributed by atoms with Gasteiger partial charge in [-0.05, 0) is 12.1 Å². The van der Waals surface area contributed by atoms with Crippen LogP contribution in [-0.2, 0) is 0 Å². The lowest BCUT2D eigenvalue weighted by molar-refractivity contribution is 0.279. The van der Waals surface area contributed by atoms with Crippen LogP contribution < -0.4 is 9.47 Å². The predicted octanol–water partition coefficient (Wildman–Crippen LogP) is 2.58. The number of furan rings is 2. The van der Waals surface area contributed by atoms with Crippen LogP contribution in [-0.4, -0.2) is 14.2 Å². The van der Waals surface area contributed by atoms with Gasteiger partial charge in [0.1, 0.15) is 0 Å². The fourth-order valence-electron chi connectivity index (χ4n) is 0.811. The Hall–Kier alpha value is -1.84. The highest BCUT2D eigenvalue weighted by atomic mass is 16.6. The minimum atomic E-state index is 0.414. The maximum atomic E-state index is 4.86. The van der Waals surface area contributed by atoms with Gasteiger partial charge in [-0.15, -0.1) is 0 Å². The van der Waals surface area contributed by atoms with E-state index in [0.29, 0.717) is 11.7 Å². The maximum Gasteiger partial charge on any atom is 0.328 e. The van der Waals surface area contributed by atoms with Gasteiger partial charge >= 0.3 is 5.95 Å². The molecule has 0 fully saturated rings. The number of rotatable bonds is 2. The van der Waals surface area contributed by atoms with Crippen molar-refractivity contribution in [1.82, 2.24) is 0 Å². The van der Waals surface area contributed by atoms with E-state index in [1.807, 2.05) is 12.1 Å². The Morgan fingerprint density at radius 2 is 1.71 bits per heavy atom. The van der Waals surface area contributed by atoms with E-state index < -0.39 is 0 Å². The van der Waals surface area contributed by atoms with Crippen LogP contribution >= 0.6 is 0 Å². The lowest BCUT2D eigenvalue weighted by Crippen LogP contribution is -1.84. The molecule has 2 rings (SSSR count). The molecule has 0 atom stereocenters. The molecular formula is C10H12O4. The smallest absolute Gasteiger partial charge is 0.328 e. The van der Waals surface area contributed by atoms with Crippen LogP contribution in [0.15, 0.2) is 45.8 Å². The Bertz CT molecular complexity index is 288. The molecule has 4 heteroatoms. The molecule has 0 saturated heterocycles. The number of ether oxygens (including phenoxy) is 2. The van der Waals surface area contributed by atoms with Crippen molar-refractivity contribution in [3.8, 4) is 11.7 Å². The summed E-state index contributed by atoms with van der Waals surface area (Å²) in [6, 6.07) is 5.36. The minimum absolute atomic E-state index is 0.414. The standard InChI is InChI=1S/C6H8O3.C4H4O/c1-7-5-3-4-9-6(5)8-2;1-2-4-5-3-1/h3-4H,1-2H3;1-4H. The van der Waals surface area contributed by atoms with Crippen LogP contribution in [0.3, 0.4) is 0 Å². The first kappa shape index (κ1) is 10.2. The van der Waals surface area contributed by atoms with E-state index in [1.54, 1.807) is 25.7 Å². The van der Waals surface area contributed by atoms with Gasteiger partial charge in [0, 0.05) is 6.07 Å². The molecule has 0 N–H and O–H groups in total. The molecule has 0 unspecified atom stereocenters. The lowest BCUT2D eigenvalue weighted by atomic mass is 10.6. The third kappa shape index (κ3) is 2.90. The van der Waals surface area contributed by atoms with Crippen LogP contribution in [0.2, 0.25) is 0 Å². The topological polar surface area (TPSA) is 44.7 Å². The summed E-state index contributed by atoms with van der Waals surface area (Å²) < 4.78 is 19.1. The second-order valence-corrected chi connectivity index (χ2v) is 2.27. The van der Waals surface area contributed by atoms with Gasteiger partial charge in [-0.25, -0.2) is 0 Å². The average molecular weight is 196 g/mol. The molecule has 2 aromatic rings. The highest BCUT2D eigenvalue weighted by Crippen LogP contribution is 2.26. The summed E-state index contributed by atoms with van der Waals surface area (Å²) in [6.45, 7) is 0. The molecule has 0 aromatic carbocycles. The molecule has 0 aliphatic rings.